The Morgan fingerprint density at radius 1 is 1.33 bits per heavy atom. The van der Waals surface area contributed by atoms with Gasteiger partial charge < -0.3 is 19.8 Å². The van der Waals surface area contributed by atoms with E-state index < -0.39 is 0 Å². The van der Waals surface area contributed by atoms with E-state index >= 15 is 0 Å². The minimum absolute atomic E-state index is 0.203. The lowest BCUT2D eigenvalue weighted by Crippen LogP contribution is -2.35. The molecule has 2 heterocycles. The largest absolute Gasteiger partial charge is 0.386 e. The highest BCUT2D eigenvalue weighted by Gasteiger charge is 2.11. The molecule has 0 amide bonds. The van der Waals surface area contributed by atoms with Crippen LogP contribution in [0.5, 0.6) is 0 Å². The number of aromatic nitrogens is 1. The molecule has 128 valence electrons. The van der Waals surface area contributed by atoms with Crippen molar-refractivity contribution < 1.29 is 14.1 Å². The molecule has 1 saturated heterocycles. The van der Waals surface area contributed by atoms with Crippen LogP contribution in [0.3, 0.4) is 0 Å². The standard InChI is InChI=1S/C17H22N4O3/c1-13-9-16(24-19-13)12-23-20-17(18)15-4-2-3-14(10-15)11-21-5-7-22-8-6-21/h2-4,9-10H,5-8,11-12H2,1H3,(H2,18,20). The zero-order valence-electron chi connectivity index (χ0n) is 13.8. The van der Waals surface area contributed by atoms with Crippen molar-refractivity contribution >= 4 is 5.84 Å². The summed E-state index contributed by atoms with van der Waals surface area (Å²) in [6.45, 7) is 6.42. The SMILES string of the molecule is Cc1cc(CON=C(N)c2cccc(CN3CCOCC3)c2)on1. The van der Waals surface area contributed by atoms with Crippen molar-refractivity contribution in [1.29, 1.82) is 0 Å². The van der Waals surface area contributed by atoms with Crippen LogP contribution in [-0.4, -0.2) is 42.2 Å². The molecule has 3 rings (SSSR count). The van der Waals surface area contributed by atoms with E-state index in [1.165, 1.54) is 5.56 Å². The highest BCUT2D eigenvalue weighted by atomic mass is 16.6. The van der Waals surface area contributed by atoms with Crippen LogP contribution < -0.4 is 5.73 Å². The third kappa shape index (κ3) is 4.56. The van der Waals surface area contributed by atoms with Gasteiger partial charge in [0.1, 0.15) is 0 Å². The molecule has 0 spiro atoms. The summed E-state index contributed by atoms with van der Waals surface area (Å²) in [4.78, 5) is 7.60. The van der Waals surface area contributed by atoms with Crippen LogP contribution in [0.15, 0.2) is 40.0 Å². The molecule has 1 aromatic carbocycles. The Morgan fingerprint density at radius 3 is 2.92 bits per heavy atom. The third-order valence-electron chi connectivity index (χ3n) is 3.78. The molecule has 0 bridgehead atoms. The van der Waals surface area contributed by atoms with Crippen molar-refractivity contribution in [3.8, 4) is 0 Å². The first-order valence-electron chi connectivity index (χ1n) is 7.98. The van der Waals surface area contributed by atoms with Gasteiger partial charge in [0.05, 0.1) is 18.9 Å². The van der Waals surface area contributed by atoms with Crippen LogP contribution in [0.25, 0.3) is 0 Å². The molecule has 0 radical (unpaired) electrons. The lowest BCUT2D eigenvalue weighted by atomic mass is 10.1. The van der Waals surface area contributed by atoms with Crippen molar-refractivity contribution in [2.45, 2.75) is 20.1 Å². The molecule has 7 nitrogen and oxygen atoms in total. The van der Waals surface area contributed by atoms with Gasteiger partial charge in [0, 0.05) is 31.3 Å². The maximum atomic E-state index is 6.01. The average Bonchev–Trinajstić information content (AvgIpc) is 3.01. The summed E-state index contributed by atoms with van der Waals surface area (Å²) in [5.74, 6) is 0.959. The summed E-state index contributed by atoms with van der Waals surface area (Å²) in [6, 6.07) is 9.83. The molecule has 0 aliphatic carbocycles. The quantitative estimate of drug-likeness (QED) is 0.492. The van der Waals surface area contributed by atoms with Crippen LogP contribution >= 0.6 is 0 Å². The van der Waals surface area contributed by atoms with Crippen LogP contribution in [0.4, 0.5) is 0 Å². The highest BCUT2D eigenvalue weighted by Crippen LogP contribution is 2.10. The number of hydrogen-bond acceptors (Lipinski definition) is 6. The Hall–Kier alpha value is -2.38. The third-order valence-corrected chi connectivity index (χ3v) is 3.78. The van der Waals surface area contributed by atoms with Crippen molar-refractivity contribution in [3.05, 3.63) is 52.9 Å². The van der Waals surface area contributed by atoms with E-state index in [1.54, 1.807) is 6.07 Å². The molecule has 0 atom stereocenters. The van der Waals surface area contributed by atoms with E-state index in [2.05, 4.69) is 21.3 Å². The number of oxime groups is 1. The van der Waals surface area contributed by atoms with Gasteiger partial charge in [-0.25, -0.2) is 0 Å². The van der Waals surface area contributed by atoms with Crippen LogP contribution in [0.2, 0.25) is 0 Å². The zero-order chi connectivity index (χ0) is 16.8. The summed E-state index contributed by atoms with van der Waals surface area (Å²) < 4.78 is 10.4. The van der Waals surface area contributed by atoms with E-state index in [4.69, 9.17) is 19.8 Å². The number of aryl methyl sites for hydroxylation is 1. The molecule has 2 aromatic rings. The Labute approximate surface area is 141 Å². The van der Waals surface area contributed by atoms with Gasteiger partial charge in [-0.3, -0.25) is 4.90 Å². The smallest absolute Gasteiger partial charge is 0.177 e. The lowest BCUT2D eigenvalue weighted by Gasteiger charge is -2.26. The average molecular weight is 330 g/mol. The number of benzene rings is 1. The summed E-state index contributed by atoms with van der Waals surface area (Å²) >= 11 is 0. The van der Waals surface area contributed by atoms with Crippen LogP contribution in [0, 0.1) is 6.92 Å². The molecular weight excluding hydrogens is 308 g/mol. The number of rotatable bonds is 6. The van der Waals surface area contributed by atoms with Crippen molar-refractivity contribution in [2.75, 3.05) is 26.3 Å². The van der Waals surface area contributed by atoms with E-state index in [1.807, 2.05) is 25.1 Å². The minimum Gasteiger partial charge on any atom is -0.386 e. The highest BCUT2D eigenvalue weighted by molar-refractivity contribution is 5.97. The fourth-order valence-corrected chi connectivity index (χ4v) is 2.55. The van der Waals surface area contributed by atoms with E-state index in [0.717, 1.165) is 44.1 Å². The Kier molecular flexibility index (Phi) is 5.45. The van der Waals surface area contributed by atoms with Gasteiger partial charge in [0.2, 0.25) is 0 Å². The second-order valence-corrected chi connectivity index (χ2v) is 5.77. The maximum absolute atomic E-state index is 6.01. The van der Waals surface area contributed by atoms with Crippen molar-refractivity contribution in [3.63, 3.8) is 0 Å². The van der Waals surface area contributed by atoms with Crippen molar-refractivity contribution in [1.82, 2.24) is 10.1 Å². The van der Waals surface area contributed by atoms with Gasteiger partial charge in [0.15, 0.2) is 18.2 Å². The summed E-state index contributed by atoms with van der Waals surface area (Å²) in [7, 11) is 0. The summed E-state index contributed by atoms with van der Waals surface area (Å²) in [6.07, 6.45) is 0. The summed E-state index contributed by atoms with van der Waals surface area (Å²) in [5.41, 5.74) is 8.85. The molecule has 7 heteroatoms. The van der Waals surface area contributed by atoms with Gasteiger partial charge >= 0.3 is 0 Å². The van der Waals surface area contributed by atoms with Crippen LogP contribution in [0.1, 0.15) is 22.6 Å². The first-order chi connectivity index (χ1) is 11.7. The maximum Gasteiger partial charge on any atom is 0.177 e. The topological polar surface area (TPSA) is 86.1 Å². The molecule has 1 aromatic heterocycles. The molecule has 1 aliphatic rings. The fraction of sp³-hybridized carbons (Fsp3) is 0.412. The molecular formula is C17H22N4O3. The molecule has 0 saturated carbocycles. The Morgan fingerprint density at radius 2 is 2.17 bits per heavy atom. The number of hydrogen-bond donors (Lipinski definition) is 1. The number of nitrogens with two attached hydrogens (primary N) is 1. The molecule has 0 unspecified atom stereocenters. The van der Waals surface area contributed by atoms with E-state index in [-0.39, 0.29) is 6.61 Å². The first-order valence-corrected chi connectivity index (χ1v) is 7.98. The molecule has 24 heavy (non-hydrogen) atoms. The Bertz CT molecular complexity index is 693. The van der Waals surface area contributed by atoms with Crippen LogP contribution in [-0.2, 0) is 22.7 Å². The number of nitrogens with zero attached hydrogens (tertiary/aromatic N) is 3. The predicted molar refractivity (Wildman–Crippen MR) is 89.3 cm³/mol. The Balaban J connectivity index is 1.58. The van der Waals surface area contributed by atoms with Gasteiger partial charge in [0.25, 0.3) is 0 Å². The van der Waals surface area contributed by atoms with Crippen molar-refractivity contribution in [2.24, 2.45) is 10.9 Å². The summed E-state index contributed by atoms with van der Waals surface area (Å²) in [5, 5.41) is 7.75. The van der Waals surface area contributed by atoms with Gasteiger partial charge in [-0.05, 0) is 18.6 Å². The number of morpholine rings is 1. The second kappa shape index (κ2) is 7.94. The minimum atomic E-state index is 0.203. The van der Waals surface area contributed by atoms with Gasteiger partial charge in [-0.15, -0.1) is 0 Å². The normalized spacial score (nSPS) is 16.3. The zero-order valence-corrected chi connectivity index (χ0v) is 13.8. The van der Waals surface area contributed by atoms with Gasteiger partial charge in [-0.1, -0.05) is 28.5 Å². The fourth-order valence-electron chi connectivity index (χ4n) is 2.55. The number of ether oxygens (including phenoxy) is 1. The number of amidine groups is 1. The second-order valence-electron chi connectivity index (χ2n) is 5.77. The monoisotopic (exact) mass is 330 g/mol. The molecule has 1 aliphatic heterocycles. The first kappa shape index (κ1) is 16.5. The lowest BCUT2D eigenvalue weighted by molar-refractivity contribution is 0.0342. The molecule has 1 fully saturated rings. The molecule has 2 N–H and O–H groups in total. The predicted octanol–water partition coefficient (Wildman–Crippen LogP) is 1.65. The van der Waals surface area contributed by atoms with E-state index in [9.17, 15) is 0 Å². The van der Waals surface area contributed by atoms with Gasteiger partial charge in [-0.2, -0.15) is 0 Å². The van der Waals surface area contributed by atoms with E-state index in [0.29, 0.717) is 11.6 Å².